The van der Waals surface area contributed by atoms with Crippen molar-refractivity contribution in [3.8, 4) is 11.4 Å². The van der Waals surface area contributed by atoms with Crippen LogP contribution in [0.4, 0.5) is 10.2 Å². The number of carbonyl (C=O) groups excluding carboxylic acids is 1. The van der Waals surface area contributed by atoms with Crippen LogP contribution >= 0.6 is 0 Å². The summed E-state index contributed by atoms with van der Waals surface area (Å²) in [6, 6.07) is 10.8. The zero-order valence-corrected chi connectivity index (χ0v) is 19.0. The summed E-state index contributed by atoms with van der Waals surface area (Å²) in [7, 11) is 0. The molecular weight excluding hydrogens is 419 g/mol. The third-order valence-electron chi connectivity index (χ3n) is 6.73. The highest BCUT2D eigenvalue weighted by Gasteiger charge is 2.27. The number of anilines is 1. The molecule has 1 aliphatic carbocycles. The van der Waals surface area contributed by atoms with Crippen LogP contribution in [0.3, 0.4) is 0 Å². The molecule has 1 saturated carbocycles. The first-order valence-electron chi connectivity index (χ1n) is 11.7. The Morgan fingerprint density at radius 1 is 1.09 bits per heavy atom. The van der Waals surface area contributed by atoms with Crippen molar-refractivity contribution in [3.05, 3.63) is 59.8 Å². The normalized spacial score (nSPS) is 17.0. The van der Waals surface area contributed by atoms with Crippen molar-refractivity contribution in [2.24, 2.45) is 0 Å². The molecule has 0 atom stereocenters. The van der Waals surface area contributed by atoms with Crippen LogP contribution in [0.1, 0.15) is 43.0 Å². The number of halogens is 1. The van der Waals surface area contributed by atoms with Crippen molar-refractivity contribution in [1.82, 2.24) is 24.6 Å². The Kier molecular flexibility index (Phi) is 6.07. The predicted octanol–water partition coefficient (Wildman–Crippen LogP) is 3.79. The summed E-state index contributed by atoms with van der Waals surface area (Å²) in [6.07, 6.45) is 6.27. The lowest BCUT2D eigenvalue weighted by Crippen LogP contribution is -2.50. The number of piperazine rings is 1. The van der Waals surface area contributed by atoms with Gasteiger partial charge in [0.2, 0.25) is 5.91 Å². The highest BCUT2D eigenvalue weighted by Crippen LogP contribution is 2.34. The van der Waals surface area contributed by atoms with Crippen molar-refractivity contribution in [3.63, 3.8) is 0 Å². The van der Waals surface area contributed by atoms with E-state index in [-0.39, 0.29) is 18.3 Å². The molecular formula is C25H29FN6O. The van der Waals surface area contributed by atoms with Gasteiger partial charge in [0.05, 0.1) is 0 Å². The summed E-state index contributed by atoms with van der Waals surface area (Å²) in [4.78, 5) is 26.5. The average Bonchev–Trinajstić information content (AvgIpc) is 3.52. The Labute approximate surface area is 193 Å². The van der Waals surface area contributed by atoms with Gasteiger partial charge in [0.25, 0.3) is 0 Å². The molecule has 172 valence electrons. The van der Waals surface area contributed by atoms with E-state index in [1.165, 1.54) is 18.9 Å². The molecule has 0 radical (unpaired) electrons. The standard InChI is InChI=1S/C25H29FN6O/c1-18-16-20(9-10-21(18)26)24-28-25(19-6-2-3-7-19)32(29-24)17-23(33)31-14-12-30(13-15-31)22-8-4-5-11-27-22/h4-5,8-11,16,19H,2-3,6-7,12-15,17H2,1H3. The van der Waals surface area contributed by atoms with Crippen LogP contribution in [0.15, 0.2) is 42.6 Å². The molecule has 0 spiro atoms. The molecule has 5 rings (SSSR count). The molecule has 2 aromatic heterocycles. The maximum absolute atomic E-state index is 13.8. The quantitative estimate of drug-likeness (QED) is 0.594. The molecule has 1 amide bonds. The molecule has 2 aliphatic rings. The van der Waals surface area contributed by atoms with E-state index >= 15 is 0 Å². The third kappa shape index (κ3) is 4.60. The molecule has 1 aromatic carbocycles. The fraction of sp³-hybridized carbons (Fsp3) is 0.440. The Morgan fingerprint density at radius 3 is 2.58 bits per heavy atom. The van der Waals surface area contributed by atoms with Gasteiger partial charge in [-0.2, -0.15) is 5.10 Å². The van der Waals surface area contributed by atoms with Crippen molar-refractivity contribution >= 4 is 11.7 Å². The summed E-state index contributed by atoms with van der Waals surface area (Å²) < 4.78 is 15.5. The van der Waals surface area contributed by atoms with Gasteiger partial charge in [-0.05, 0) is 55.7 Å². The monoisotopic (exact) mass is 448 g/mol. The van der Waals surface area contributed by atoms with Gasteiger partial charge >= 0.3 is 0 Å². The molecule has 8 heteroatoms. The number of hydrogen-bond donors (Lipinski definition) is 0. The largest absolute Gasteiger partial charge is 0.353 e. The van der Waals surface area contributed by atoms with Crippen molar-refractivity contribution in [2.75, 3.05) is 31.1 Å². The van der Waals surface area contributed by atoms with Gasteiger partial charge in [0.1, 0.15) is 24.0 Å². The van der Waals surface area contributed by atoms with E-state index in [0.717, 1.165) is 43.1 Å². The number of carbonyl (C=O) groups is 1. The fourth-order valence-electron chi connectivity index (χ4n) is 4.82. The minimum absolute atomic E-state index is 0.0571. The molecule has 1 aliphatic heterocycles. The molecule has 3 aromatic rings. The molecule has 2 fully saturated rings. The zero-order valence-electron chi connectivity index (χ0n) is 19.0. The number of amides is 1. The van der Waals surface area contributed by atoms with Crippen LogP contribution in [0.5, 0.6) is 0 Å². The number of aryl methyl sites for hydroxylation is 1. The Morgan fingerprint density at radius 2 is 1.88 bits per heavy atom. The van der Waals surface area contributed by atoms with Gasteiger partial charge in [-0.3, -0.25) is 4.79 Å². The van der Waals surface area contributed by atoms with Crippen LogP contribution in [0.25, 0.3) is 11.4 Å². The van der Waals surface area contributed by atoms with E-state index < -0.39 is 0 Å². The maximum Gasteiger partial charge on any atom is 0.244 e. The lowest BCUT2D eigenvalue weighted by molar-refractivity contribution is -0.132. The van der Waals surface area contributed by atoms with E-state index in [2.05, 4.69) is 9.88 Å². The lowest BCUT2D eigenvalue weighted by atomic mass is 10.1. The summed E-state index contributed by atoms with van der Waals surface area (Å²) in [5, 5.41) is 4.71. The highest BCUT2D eigenvalue weighted by molar-refractivity contribution is 5.76. The van der Waals surface area contributed by atoms with Gasteiger partial charge < -0.3 is 9.80 Å². The van der Waals surface area contributed by atoms with E-state index in [1.807, 2.05) is 23.1 Å². The molecule has 1 saturated heterocycles. The number of pyridine rings is 1. The smallest absolute Gasteiger partial charge is 0.244 e. The molecule has 0 unspecified atom stereocenters. The first kappa shape index (κ1) is 21.6. The molecule has 7 nitrogen and oxygen atoms in total. The number of hydrogen-bond acceptors (Lipinski definition) is 5. The zero-order chi connectivity index (χ0) is 22.8. The van der Waals surface area contributed by atoms with Crippen molar-refractivity contribution < 1.29 is 9.18 Å². The third-order valence-corrected chi connectivity index (χ3v) is 6.73. The van der Waals surface area contributed by atoms with E-state index in [4.69, 9.17) is 10.1 Å². The number of benzene rings is 1. The number of nitrogens with zero attached hydrogens (tertiary/aromatic N) is 6. The first-order valence-corrected chi connectivity index (χ1v) is 11.7. The van der Waals surface area contributed by atoms with E-state index in [0.29, 0.717) is 30.4 Å². The fourth-order valence-corrected chi connectivity index (χ4v) is 4.82. The second kappa shape index (κ2) is 9.29. The van der Waals surface area contributed by atoms with Gasteiger partial charge in [-0.25, -0.2) is 19.0 Å². The SMILES string of the molecule is Cc1cc(-c2nc(C3CCCC3)n(CC(=O)N3CCN(c4ccccn4)CC3)n2)ccc1F. The molecule has 0 bridgehead atoms. The molecule has 33 heavy (non-hydrogen) atoms. The van der Waals surface area contributed by atoms with Gasteiger partial charge in [-0.15, -0.1) is 0 Å². The second-order valence-corrected chi connectivity index (χ2v) is 8.95. The molecule has 3 heterocycles. The van der Waals surface area contributed by atoms with Crippen LogP contribution in [0, 0.1) is 12.7 Å². The van der Waals surface area contributed by atoms with Gasteiger partial charge in [0, 0.05) is 43.9 Å². The number of aromatic nitrogens is 4. The summed E-state index contributed by atoms with van der Waals surface area (Å²) >= 11 is 0. The Hall–Kier alpha value is -3.29. The van der Waals surface area contributed by atoms with Crippen molar-refractivity contribution in [2.45, 2.75) is 45.1 Å². The lowest BCUT2D eigenvalue weighted by Gasteiger charge is -2.35. The van der Waals surface area contributed by atoms with E-state index in [9.17, 15) is 9.18 Å². The summed E-state index contributed by atoms with van der Waals surface area (Å²) in [5.74, 6) is 2.53. The van der Waals surface area contributed by atoms with Crippen LogP contribution in [-0.2, 0) is 11.3 Å². The topological polar surface area (TPSA) is 67.2 Å². The summed E-state index contributed by atoms with van der Waals surface area (Å²) in [5.41, 5.74) is 1.34. The highest BCUT2D eigenvalue weighted by atomic mass is 19.1. The summed E-state index contributed by atoms with van der Waals surface area (Å²) in [6.45, 7) is 4.76. The van der Waals surface area contributed by atoms with Crippen molar-refractivity contribution in [1.29, 1.82) is 0 Å². The van der Waals surface area contributed by atoms with Gasteiger partial charge in [-0.1, -0.05) is 18.9 Å². The number of rotatable bonds is 5. The van der Waals surface area contributed by atoms with E-state index in [1.54, 1.807) is 29.9 Å². The van der Waals surface area contributed by atoms with Crippen LogP contribution in [0.2, 0.25) is 0 Å². The first-order chi connectivity index (χ1) is 16.1. The van der Waals surface area contributed by atoms with Gasteiger partial charge in [0.15, 0.2) is 5.82 Å². The maximum atomic E-state index is 13.8. The minimum atomic E-state index is -0.241. The minimum Gasteiger partial charge on any atom is -0.353 e. The predicted molar refractivity (Wildman–Crippen MR) is 124 cm³/mol. The Balaban J connectivity index is 1.32. The second-order valence-electron chi connectivity index (χ2n) is 8.95. The molecule has 0 N–H and O–H groups in total. The van der Waals surface area contributed by atoms with Crippen LogP contribution in [-0.4, -0.2) is 56.7 Å². The van der Waals surface area contributed by atoms with Crippen LogP contribution < -0.4 is 4.90 Å². The average molecular weight is 449 g/mol. The Bertz CT molecular complexity index is 1120.